The van der Waals surface area contributed by atoms with E-state index in [1.807, 2.05) is 6.92 Å². The van der Waals surface area contributed by atoms with E-state index >= 15 is 0 Å². The Morgan fingerprint density at radius 2 is 2.12 bits per heavy atom. The lowest BCUT2D eigenvalue weighted by Gasteiger charge is -1.92. The standard InChI is InChI=1S/C6H11N.ClH/c1-3-4-6(2)5-7;/h6H,3-4H2,1-2H3;1H. The molecule has 0 saturated heterocycles. The zero-order chi connectivity index (χ0) is 5.70. The van der Waals surface area contributed by atoms with E-state index in [1.165, 1.54) is 0 Å². The molecule has 0 bridgehead atoms. The van der Waals surface area contributed by atoms with Crippen LogP contribution in [0.1, 0.15) is 26.7 Å². The maximum absolute atomic E-state index is 8.22. The zero-order valence-electron chi connectivity index (χ0n) is 5.35. The highest BCUT2D eigenvalue weighted by Crippen LogP contribution is 2.00. The predicted octanol–water partition coefficient (Wildman–Crippen LogP) is 2.37. The highest BCUT2D eigenvalue weighted by molar-refractivity contribution is 5.85. The molecule has 1 atom stereocenters. The smallest absolute Gasteiger partial charge is 0.0652 e. The summed E-state index contributed by atoms with van der Waals surface area (Å²) < 4.78 is 0. The van der Waals surface area contributed by atoms with E-state index in [2.05, 4.69) is 13.0 Å². The summed E-state index contributed by atoms with van der Waals surface area (Å²) in [5.41, 5.74) is 0. The number of hydrogen-bond acceptors (Lipinski definition) is 1. The number of nitriles is 1. The van der Waals surface area contributed by atoms with Crippen molar-refractivity contribution in [3.63, 3.8) is 0 Å². The second-order valence-electron chi connectivity index (χ2n) is 1.82. The van der Waals surface area contributed by atoms with Gasteiger partial charge in [0.2, 0.25) is 0 Å². The largest absolute Gasteiger partial charge is 0.198 e. The number of hydrogen-bond donors (Lipinski definition) is 0. The summed E-state index contributed by atoms with van der Waals surface area (Å²) in [5, 5.41) is 8.22. The van der Waals surface area contributed by atoms with Crippen LogP contribution in [-0.4, -0.2) is 0 Å². The highest BCUT2D eigenvalue weighted by Gasteiger charge is 1.92. The summed E-state index contributed by atoms with van der Waals surface area (Å²) in [4.78, 5) is 0. The Morgan fingerprint density at radius 1 is 1.62 bits per heavy atom. The van der Waals surface area contributed by atoms with Crippen molar-refractivity contribution in [3.8, 4) is 6.07 Å². The van der Waals surface area contributed by atoms with Crippen LogP contribution in [-0.2, 0) is 0 Å². The van der Waals surface area contributed by atoms with Crippen molar-refractivity contribution >= 4 is 12.4 Å². The van der Waals surface area contributed by atoms with Gasteiger partial charge in [-0.2, -0.15) is 5.26 Å². The van der Waals surface area contributed by atoms with Crippen molar-refractivity contribution < 1.29 is 0 Å². The Morgan fingerprint density at radius 3 is 2.25 bits per heavy atom. The molecule has 1 nitrogen and oxygen atoms in total. The summed E-state index contributed by atoms with van der Waals surface area (Å²) in [6.45, 7) is 4.04. The summed E-state index contributed by atoms with van der Waals surface area (Å²) in [6.07, 6.45) is 2.16. The van der Waals surface area contributed by atoms with E-state index < -0.39 is 0 Å². The second-order valence-corrected chi connectivity index (χ2v) is 1.82. The molecule has 0 radical (unpaired) electrons. The molecule has 8 heavy (non-hydrogen) atoms. The Kier molecular flexibility index (Phi) is 9.07. The van der Waals surface area contributed by atoms with Gasteiger partial charge < -0.3 is 0 Å². The molecule has 48 valence electrons. The fourth-order valence-electron chi connectivity index (χ4n) is 0.498. The third-order valence-corrected chi connectivity index (χ3v) is 0.942. The van der Waals surface area contributed by atoms with Crippen LogP contribution in [0.25, 0.3) is 0 Å². The molecule has 0 N–H and O–H groups in total. The van der Waals surface area contributed by atoms with Crippen LogP contribution in [0.5, 0.6) is 0 Å². The molecule has 0 aliphatic rings. The second kappa shape index (κ2) is 6.78. The molecule has 0 saturated carbocycles. The maximum Gasteiger partial charge on any atom is 0.0652 e. The van der Waals surface area contributed by atoms with Crippen molar-refractivity contribution in [1.29, 1.82) is 5.26 Å². The first-order valence-electron chi connectivity index (χ1n) is 2.70. The molecule has 0 aliphatic carbocycles. The molecule has 0 fully saturated rings. The van der Waals surface area contributed by atoms with Gasteiger partial charge in [0.15, 0.2) is 0 Å². The number of nitrogens with zero attached hydrogens (tertiary/aromatic N) is 1. The minimum atomic E-state index is 0. The van der Waals surface area contributed by atoms with Crippen molar-refractivity contribution in [1.82, 2.24) is 0 Å². The summed E-state index contributed by atoms with van der Waals surface area (Å²) >= 11 is 0. The Bertz CT molecular complexity index is 75.1. The minimum absolute atomic E-state index is 0. The minimum Gasteiger partial charge on any atom is -0.198 e. The van der Waals surface area contributed by atoms with E-state index in [0.29, 0.717) is 0 Å². The topological polar surface area (TPSA) is 23.8 Å². The van der Waals surface area contributed by atoms with Gasteiger partial charge in [-0.3, -0.25) is 0 Å². The molecule has 0 rings (SSSR count). The van der Waals surface area contributed by atoms with Crippen LogP contribution in [0.15, 0.2) is 0 Å². The lowest BCUT2D eigenvalue weighted by atomic mass is 10.1. The molecule has 0 aromatic rings. The number of halogens is 1. The molecule has 0 aromatic heterocycles. The fraction of sp³-hybridized carbons (Fsp3) is 0.833. The lowest BCUT2D eigenvalue weighted by molar-refractivity contribution is 0.646. The van der Waals surface area contributed by atoms with Gasteiger partial charge >= 0.3 is 0 Å². The van der Waals surface area contributed by atoms with Crippen molar-refractivity contribution in [2.45, 2.75) is 26.7 Å². The van der Waals surface area contributed by atoms with Crippen molar-refractivity contribution in [3.05, 3.63) is 0 Å². The average molecular weight is 134 g/mol. The van der Waals surface area contributed by atoms with E-state index in [9.17, 15) is 0 Å². The summed E-state index contributed by atoms with van der Waals surface area (Å²) in [6, 6.07) is 2.17. The van der Waals surface area contributed by atoms with Crippen LogP contribution >= 0.6 is 12.4 Å². The lowest BCUT2D eigenvalue weighted by Crippen LogP contribution is -1.85. The van der Waals surface area contributed by atoms with Gasteiger partial charge in [0.05, 0.1) is 6.07 Å². The van der Waals surface area contributed by atoms with Gasteiger partial charge in [0.25, 0.3) is 0 Å². The van der Waals surface area contributed by atoms with Crippen LogP contribution in [0.3, 0.4) is 0 Å². The predicted molar refractivity (Wildman–Crippen MR) is 36.9 cm³/mol. The molecule has 1 unspecified atom stereocenters. The van der Waals surface area contributed by atoms with E-state index in [1.54, 1.807) is 0 Å². The first-order valence-corrected chi connectivity index (χ1v) is 2.70. The molecular formula is C6H12ClN. The third-order valence-electron chi connectivity index (χ3n) is 0.942. The molecule has 0 heterocycles. The average Bonchev–Trinajstić information content (AvgIpc) is 1.68. The maximum atomic E-state index is 8.22. The van der Waals surface area contributed by atoms with Crippen LogP contribution in [0.2, 0.25) is 0 Å². The normalized spacial score (nSPS) is 11.1. The van der Waals surface area contributed by atoms with Crippen molar-refractivity contribution in [2.24, 2.45) is 5.92 Å². The molecule has 0 spiro atoms. The Labute approximate surface area is 57.1 Å². The van der Waals surface area contributed by atoms with Gasteiger partial charge in [-0.05, 0) is 13.3 Å². The summed E-state index contributed by atoms with van der Waals surface area (Å²) in [7, 11) is 0. The van der Waals surface area contributed by atoms with Crippen LogP contribution < -0.4 is 0 Å². The molecule has 2 heteroatoms. The molecule has 0 aromatic carbocycles. The van der Waals surface area contributed by atoms with E-state index in [4.69, 9.17) is 5.26 Å². The SMILES string of the molecule is CCCC(C)C#N.Cl. The molecule has 0 aliphatic heterocycles. The van der Waals surface area contributed by atoms with Gasteiger partial charge in [-0.25, -0.2) is 0 Å². The third kappa shape index (κ3) is 5.78. The zero-order valence-corrected chi connectivity index (χ0v) is 6.16. The van der Waals surface area contributed by atoms with Gasteiger partial charge in [-0.1, -0.05) is 13.3 Å². The molecule has 0 amide bonds. The first kappa shape index (κ1) is 10.7. The van der Waals surface area contributed by atoms with E-state index in [-0.39, 0.29) is 18.3 Å². The van der Waals surface area contributed by atoms with Crippen LogP contribution in [0.4, 0.5) is 0 Å². The highest BCUT2D eigenvalue weighted by atomic mass is 35.5. The van der Waals surface area contributed by atoms with Crippen molar-refractivity contribution in [2.75, 3.05) is 0 Å². The molecular weight excluding hydrogens is 122 g/mol. The van der Waals surface area contributed by atoms with E-state index in [0.717, 1.165) is 12.8 Å². The van der Waals surface area contributed by atoms with Gasteiger partial charge in [-0.15, -0.1) is 12.4 Å². The summed E-state index contributed by atoms with van der Waals surface area (Å²) in [5.74, 6) is 0.255. The van der Waals surface area contributed by atoms with Crippen LogP contribution in [0, 0.1) is 17.2 Å². The number of rotatable bonds is 2. The first-order chi connectivity index (χ1) is 3.31. The fourth-order valence-corrected chi connectivity index (χ4v) is 0.498. The monoisotopic (exact) mass is 133 g/mol. The Balaban J connectivity index is 0. The van der Waals surface area contributed by atoms with Gasteiger partial charge in [0, 0.05) is 5.92 Å². The Hall–Kier alpha value is -0.220. The quantitative estimate of drug-likeness (QED) is 0.568. The van der Waals surface area contributed by atoms with Gasteiger partial charge in [0.1, 0.15) is 0 Å².